The maximum atomic E-state index is 5.54. The fourth-order valence-corrected chi connectivity index (χ4v) is 1.32. The Kier molecular flexibility index (Phi) is 3.71. The van der Waals surface area contributed by atoms with E-state index in [-0.39, 0.29) is 0 Å². The highest BCUT2D eigenvalue weighted by Crippen LogP contribution is 2.12. The predicted molar refractivity (Wildman–Crippen MR) is 58.5 cm³/mol. The van der Waals surface area contributed by atoms with Crippen molar-refractivity contribution in [2.45, 2.75) is 20.3 Å². The standard InChI is InChI=1S/C12H17N/c1-3-11-6-4-5-7-12(11)8-10(2)9-13/h4-8H,3,9,13H2,1-2H3. The van der Waals surface area contributed by atoms with Gasteiger partial charge in [0.2, 0.25) is 0 Å². The molecular formula is C12H17N. The first-order valence-corrected chi connectivity index (χ1v) is 4.73. The second-order valence-electron chi connectivity index (χ2n) is 3.25. The molecule has 0 radical (unpaired) electrons. The van der Waals surface area contributed by atoms with Crippen molar-refractivity contribution < 1.29 is 0 Å². The molecule has 0 aliphatic rings. The van der Waals surface area contributed by atoms with Crippen LogP contribution in [0.5, 0.6) is 0 Å². The Morgan fingerprint density at radius 1 is 1.38 bits per heavy atom. The number of rotatable bonds is 3. The fourth-order valence-electron chi connectivity index (χ4n) is 1.32. The fraction of sp³-hybridized carbons (Fsp3) is 0.333. The van der Waals surface area contributed by atoms with E-state index in [1.165, 1.54) is 16.7 Å². The summed E-state index contributed by atoms with van der Waals surface area (Å²) in [6, 6.07) is 8.44. The van der Waals surface area contributed by atoms with Crippen LogP contribution in [0.2, 0.25) is 0 Å². The van der Waals surface area contributed by atoms with Gasteiger partial charge in [-0.3, -0.25) is 0 Å². The summed E-state index contributed by atoms with van der Waals surface area (Å²) in [6.07, 6.45) is 3.24. The minimum absolute atomic E-state index is 0.637. The summed E-state index contributed by atoms with van der Waals surface area (Å²) >= 11 is 0. The number of nitrogens with two attached hydrogens (primary N) is 1. The van der Waals surface area contributed by atoms with Crippen LogP contribution in [0.3, 0.4) is 0 Å². The lowest BCUT2D eigenvalue weighted by atomic mass is 10.0. The molecule has 1 nitrogen and oxygen atoms in total. The van der Waals surface area contributed by atoms with Gasteiger partial charge in [-0.15, -0.1) is 0 Å². The van der Waals surface area contributed by atoms with Crippen molar-refractivity contribution in [3.8, 4) is 0 Å². The maximum absolute atomic E-state index is 5.54. The largest absolute Gasteiger partial charge is 0.327 e. The van der Waals surface area contributed by atoms with E-state index in [9.17, 15) is 0 Å². The lowest BCUT2D eigenvalue weighted by Crippen LogP contribution is -1.99. The number of hydrogen-bond donors (Lipinski definition) is 1. The molecule has 1 aromatic carbocycles. The molecule has 0 bridgehead atoms. The van der Waals surface area contributed by atoms with Gasteiger partial charge in [-0.2, -0.15) is 0 Å². The zero-order chi connectivity index (χ0) is 9.68. The van der Waals surface area contributed by atoms with Gasteiger partial charge < -0.3 is 5.73 Å². The van der Waals surface area contributed by atoms with Crippen LogP contribution in [0.4, 0.5) is 0 Å². The first-order chi connectivity index (χ1) is 6.27. The molecule has 2 N–H and O–H groups in total. The van der Waals surface area contributed by atoms with Gasteiger partial charge in [0.25, 0.3) is 0 Å². The van der Waals surface area contributed by atoms with Gasteiger partial charge in [0.05, 0.1) is 0 Å². The molecule has 0 aliphatic heterocycles. The number of hydrogen-bond acceptors (Lipinski definition) is 1. The lowest BCUT2D eigenvalue weighted by Gasteiger charge is -2.03. The maximum Gasteiger partial charge on any atom is 0.0137 e. The predicted octanol–water partition coefficient (Wildman–Crippen LogP) is 2.61. The molecule has 0 spiro atoms. The molecule has 0 aromatic heterocycles. The molecule has 1 aromatic rings. The van der Waals surface area contributed by atoms with E-state index < -0.39 is 0 Å². The van der Waals surface area contributed by atoms with Gasteiger partial charge in [-0.25, -0.2) is 0 Å². The van der Waals surface area contributed by atoms with Crippen molar-refractivity contribution in [2.24, 2.45) is 5.73 Å². The van der Waals surface area contributed by atoms with Crippen molar-refractivity contribution in [1.82, 2.24) is 0 Å². The molecule has 1 heteroatoms. The van der Waals surface area contributed by atoms with Crippen LogP contribution in [0.1, 0.15) is 25.0 Å². The van der Waals surface area contributed by atoms with Crippen LogP contribution in [0, 0.1) is 0 Å². The highest BCUT2D eigenvalue weighted by Gasteiger charge is 1.95. The van der Waals surface area contributed by atoms with E-state index in [1.54, 1.807) is 0 Å². The molecule has 1 rings (SSSR count). The van der Waals surface area contributed by atoms with Crippen LogP contribution in [0.15, 0.2) is 29.8 Å². The van der Waals surface area contributed by atoms with E-state index in [2.05, 4.69) is 44.2 Å². The molecule has 0 saturated carbocycles. The van der Waals surface area contributed by atoms with E-state index in [4.69, 9.17) is 5.73 Å². The Hall–Kier alpha value is -1.08. The molecule has 0 amide bonds. The van der Waals surface area contributed by atoms with Crippen molar-refractivity contribution >= 4 is 6.08 Å². The first kappa shape index (κ1) is 10.0. The summed E-state index contributed by atoms with van der Waals surface area (Å²) < 4.78 is 0. The van der Waals surface area contributed by atoms with Crippen molar-refractivity contribution in [3.05, 3.63) is 41.0 Å². The van der Waals surface area contributed by atoms with Gasteiger partial charge in [0, 0.05) is 6.54 Å². The van der Waals surface area contributed by atoms with Crippen LogP contribution in [-0.2, 0) is 6.42 Å². The van der Waals surface area contributed by atoms with E-state index >= 15 is 0 Å². The van der Waals surface area contributed by atoms with Gasteiger partial charge in [0.1, 0.15) is 0 Å². The minimum Gasteiger partial charge on any atom is -0.327 e. The molecule has 70 valence electrons. The van der Waals surface area contributed by atoms with E-state index in [0.717, 1.165) is 6.42 Å². The van der Waals surface area contributed by atoms with Gasteiger partial charge >= 0.3 is 0 Å². The molecular weight excluding hydrogens is 158 g/mol. The average Bonchev–Trinajstić information content (AvgIpc) is 2.18. The molecule has 0 atom stereocenters. The summed E-state index contributed by atoms with van der Waals surface area (Å²) in [6.45, 7) is 4.87. The van der Waals surface area contributed by atoms with Gasteiger partial charge in [-0.1, -0.05) is 42.8 Å². The number of benzene rings is 1. The topological polar surface area (TPSA) is 26.0 Å². The average molecular weight is 175 g/mol. The zero-order valence-electron chi connectivity index (χ0n) is 8.38. The Morgan fingerprint density at radius 3 is 2.69 bits per heavy atom. The Balaban J connectivity index is 2.99. The van der Waals surface area contributed by atoms with Crippen LogP contribution < -0.4 is 5.73 Å². The second-order valence-corrected chi connectivity index (χ2v) is 3.25. The van der Waals surface area contributed by atoms with Gasteiger partial charge in [-0.05, 0) is 24.5 Å². The zero-order valence-corrected chi connectivity index (χ0v) is 8.38. The molecule has 0 fully saturated rings. The summed E-state index contributed by atoms with van der Waals surface area (Å²) in [5.74, 6) is 0. The third kappa shape index (κ3) is 2.71. The highest BCUT2D eigenvalue weighted by atomic mass is 14.5. The third-order valence-electron chi connectivity index (χ3n) is 2.16. The van der Waals surface area contributed by atoms with E-state index in [0.29, 0.717) is 6.54 Å². The Bertz CT molecular complexity index is 300. The second kappa shape index (κ2) is 4.83. The van der Waals surface area contributed by atoms with E-state index in [1.807, 2.05) is 0 Å². The third-order valence-corrected chi connectivity index (χ3v) is 2.16. The summed E-state index contributed by atoms with van der Waals surface area (Å²) in [5, 5.41) is 0. The Labute approximate surface area is 80.3 Å². The van der Waals surface area contributed by atoms with Crippen molar-refractivity contribution in [1.29, 1.82) is 0 Å². The molecule has 13 heavy (non-hydrogen) atoms. The molecule has 0 aliphatic carbocycles. The normalized spacial score (nSPS) is 11.8. The lowest BCUT2D eigenvalue weighted by molar-refractivity contribution is 1.12. The van der Waals surface area contributed by atoms with Gasteiger partial charge in [0.15, 0.2) is 0 Å². The smallest absolute Gasteiger partial charge is 0.0137 e. The van der Waals surface area contributed by atoms with Crippen LogP contribution >= 0.6 is 0 Å². The Morgan fingerprint density at radius 2 is 2.08 bits per heavy atom. The summed E-state index contributed by atoms with van der Waals surface area (Å²) in [5.41, 5.74) is 9.45. The van der Waals surface area contributed by atoms with Crippen molar-refractivity contribution in [3.63, 3.8) is 0 Å². The molecule has 0 unspecified atom stereocenters. The quantitative estimate of drug-likeness (QED) is 0.750. The molecule has 0 saturated heterocycles. The van der Waals surface area contributed by atoms with Crippen LogP contribution in [-0.4, -0.2) is 6.54 Å². The van der Waals surface area contributed by atoms with Crippen LogP contribution in [0.25, 0.3) is 6.08 Å². The minimum atomic E-state index is 0.637. The highest BCUT2D eigenvalue weighted by molar-refractivity contribution is 5.56. The SMILES string of the molecule is CCc1ccccc1C=C(C)CN. The summed E-state index contributed by atoms with van der Waals surface area (Å²) in [4.78, 5) is 0. The number of aryl methyl sites for hydroxylation is 1. The van der Waals surface area contributed by atoms with Crippen molar-refractivity contribution in [2.75, 3.05) is 6.54 Å². The monoisotopic (exact) mass is 175 g/mol. The summed E-state index contributed by atoms with van der Waals surface area (Å²) in [7, 11) is 0. The first-order valence-electron chi connectivity index (χ1n) is 4.73. The molecule has 0 heterocycles.